The number of amides is 1. The van der Waals surface area contributed by atoms with Crippen LogP contribution in [-0.2, 0) is 21.4 Å². The van der Waals surface area contributed by atoms with Gasteiger partial charge in [0, 0.05) is 24.4 Å². The maximum absolute atomic E-state index is 13.4. The number of H-pyrrole nitrogens is 1. The van der Waals surface area contributed by atoms with E-state index in [1.165, 1.54) is 16.1 Å². The maximum Gasteiger partial charge on any atom is 0.243 e. The van der Waals surface area contributed by atoms with Crippen LogP contribution in [0.1, 0.15) is 16.7 Å². The number of aryl methyl sites for hydroxylation is 2. The minimum atomic E-state index is -3.88. The molecular weight excluding hydrogens is 506 g/mol. The van der Waals surface area contributed by atoms with Gasteiger partial charge in [0.25, 0.3) is 0 Å². The summed E-state index contributed by atoms with van der Waals surface area (Å²) in [7, 11) is -3.88. The molecule has 0 radical (unpaired) electrons. The molecule has 0 aliphatic rings. The Kier molecular flexibility index (Phi) is 8.75. The highest BCUT2D eigenvalue weighted by Crippen LogP contribution is 2.20. The molecular formula is C27H29N5O3S2. The first-order valence-electron chi connectivity index (χ1n) is 11.8. The topological polar surface area (TPSA) is 108 Å². The average Bonchev–Trinajstić information content (AvgIpc) is 3.36. The van der Waals surface area contributed by atoms with E-state index in [0.717, 1.165) is 22.3 Å². The molecule has 192 valence electrons. The van der Waals surface area contributed by atoms with E-state index in [4.69, 9.17) is 0 Å². The molecule has 0 spiro atoms. The van der Waals surface area contributed by atoms with Gasteiger partial charge in [-0.2, -0.15) is 4.31 Å². The summed E-state index contributed by atoms with van der Waals surface area (Å²) in [6, 6.07) is 24.0. The van der Waals surface area contributed by atoms with E-state index in [1.807, 2.05) is 68.4 Å². The van der Waals surface area contributed by atoms with E-state index in [-0.39, 0.29) is 23.9 Å². The van der Waals surface area contributed by atoms with Gasteiger partial charge in [-0.3, -0.25) is 9.89 Å². The van der Waals surface area contributed by atoms with Crippen molar-refractivity contribution in [1.82, 2.24) is 24.8 Å². The van der Waals surface area contributed by atoms with Crippen LogP contribution in [0.2, 0.25) is 0 Å². The number of nitrogens with zero attached hydrogens (tertiary/aromatic N) is 3. The molecule has 2 N–H and O–H groups in total. The van der Waals surface area contributed by atoms with Gasteiger partial charge in [0.15, 0.2) is 5.82 Å². The number of hydrogen-bond acceptors (Lipinski definition) is 6. The van der Waals surface area contributed by atoms with Crippen molar-refractivity contribution >= 4 is 27.7 Å². The number of hydrogen-bond donors (Lipinski definition) is 2. The van der Waals surface area contributed by atoms with E-state index in [9.17, 15) is 13.2 Å². The molecule has 1 amide bonds. The normalized spacial score (nSPS) is 11.5. The molecule has 4 aromatic rings. The van der Waals surface area contributed by atoms with Crippen LogP contribution < -0.4 is 5.32 Å². The van der Waals surface area contributed by atoms with Crippen molar-refractivity contribution in [3.8, 4) is 11.4 Å². The van der Waals surface area contributed by atoms with Crippen LogP contribution in [0.15, 0.2) is 88.9 Å². The number of rotatable bonds is 11. The Balaban J connectivity index is 1.37. The van der Waals surface area contributed by atoms with Gasteiger partial charge in [0.1, 0.15) is 0 Å². The standard InChI is InChI=1S/C27H29N5O3S2/c1-20-11-13-24(14-12-20)37(34,35)32(18-22-8-6-7-21(2)17-22)19-25(33)28-15-16-36-27-29-26(30-31-27)23-9-4-3-5-10-23/h3-14,17H,15-16,18-19H2,1-2H3,(H,28,33)(H,29,30,31). The lowest BCUT2D eigenvalue weighted by atomic mass is 10.1. The Labute approximate surface area is 221 Å². The van der Waals surface area contributed by atoms with Crippen LogP contribution >= 0.6 is 11.8 Å². The molecule has 3 aromatic carbocycles. The summed E-state index contributed by atoms with van der Waals surface area (Å²) in [6.07, 6.45) is 0. The van der Waals surface area contributed by atoms with E-state index in [2.05, 4.69) is 20.5 Å². The zero-order valence-corrected chi connectivity index (χ0v) is 22.3. The molecule has 37 heavy (non-hydrogen) atoms. The highest BCUT2D eigenvalue weighted by atomic mass is 32.2. The number of thioether (sulfide) groups is 1. The fraction of sp³-hybridized carbons (Fsp3) is 0.222. The number of carbonyl (C=O) groups is 1. The molecule has 8 nitrogen and oxygen atoms in total. The van der Waals surface area contributed by atoms with Crippen molar-refractivity contribution in [2.45, 2.75) is 30.4 Å². The molecule has 0 aliphatic heterocycles. The van der Waals surface area contributed by atoms with Gasteiger partial charge >= 0.3 is 0 Å². The van der Waals surface area contributed by atoms with Crippen LogP contribution in [0.25, 0.3) is 11.4 Å². The summed E-state index contributed by atoms with van der Waals surface area (Å²) in [5.74, 6) is 0.851. The summed E-state index contributed by atoms with van der Waals surface area (Å²) in [5.41, 5.74) is 3.74. The average molecular weight is 536 g/mol. The number of sulfonamides is 1. The van der Waals surface area contributed by atoms with Crippen LogP contribution in [0, 0.1) is 13.8 Å². The van der Waals surface area contributed by atoms with Gasteiger partial charge in [-0.25, -0.2) is 13.4 Å². The third-order valence-corrected chi connectivity index (χ3v) is 8.24. The Bertz CT molecular complexity index is 1440. The molecule has 0 atom stereocenters. The zero-order chi connectivity index (χ0) is 26.3. The van der Waals surface area contributed by atoms with Gasteiger partial charge in [-0.1, -0.05) is 89.6 Å². The first-order valence-corrected chi connectivity index (χ1v) is 14.2. The number of carbonyl (C=O) groups excluding carboxylic acids is 1. The van der Waals surface area contributed by atoms with E-state index < -0.39 is 10.0 Å². The van der Waals surface area contributed by atoms with Crippen LogP contribution in [0.4, 0.5) is 0 Å². The van der Waals surface area contributed by atoms with Crippen molar-refractivity contribution in [3.05, 3.63) is 95.6 Å². The number of aromatic amines is 1. The molecule has 1 heterocycles. The van der Waals surface area contributed by atoms with Gasteiger partial charge < -0.3 is 5.32 Å². The number of nitrogens with one attached hydrogen (secondary N) is 2. The molecule has 0 aliphatic carbocycles. The summed E-state index contributed by atoms with van der Waals surface area (Å²) < 4.78 is 28.1. The number of aromatic nitrogens is 3. The van der Waals surface area contributed by atoms with Crippen molar-refractivity contribution in [3.63, 3.8) is 0 Å². The molecule has 0 bridgehead atoms. The van der Waals surface area contributed by atoms with Crippen molar-refractivity contribution in [2.75, 3.05) is 18.8 Å². The fourth-order valence-electron chi connectivity index (χ4n) is 3.68. The minimum Gasteiger partial charge on any atom is -0.354 e. The highest BCUT2D eigenvalue weighted by Gasteiger charge is 2.27. The van der Waals surface area contributed by atoms with Crippen molar-refractivity contribution in [1.29, 1.82) is 0 Å². The first kappa shape index (κ1) is 26.6. The van der Waals surface area contributed by atoms with Gasteiger partial charge in [0.2, 0.25) is 21.1 Å². The summed E-state index contributed by atoms with van der Waals surface area (Å²) in [5, 5.41) is 10.5. The summed E-state index contributed by atoms with van der Waals surface area (Å²) in [6.45, 7) is 4.01. The SMILES string of the molecule is Cc1ccc(S(=O)(=O)N(CC(=O)NCCSc2n[nH]c(-c3ccccc3)n2)Cc2cccc(C)c2)cc1. The van der Waals surface area contributed by atoms with Gasteiger partial charge in [-0.05, 0) is 31.5 Å². The third-order valence-electron chi connectivity index (χ3n) is 5.59. The Hall–Kier alpha value is -3.47. The van der Waals surface area contributed by atoms with Gasteiger partial charge in [-0.15, -0.1) is 5.10 Å². The lowest BCUT2D eigenvalue weighted by molar-refractivity contribution is -0.121. The Morgan fingerprint density at radius 3 is 2.46 bits per heavy atom. The van der Waals surface area contributed by atoms with Gasteiger partial charge in [0.05, 0.1) is 11.4 Å². The molecule has 0 fully saturated rings. The molecule has 0 saturated carbocycles. The lowest BCUT2D eigenvalue weighted by Crippen LogP contribution is -2.41. The minimum absolute atomic E-state index is 0.0967. The maximum atomic E-state index is 13.4. The molecule has 0 saturated heterocycles. The van der Waals surface area contributed by atoms with E-state index in [1.54, 1.807) is 24.3 Å². The lowest BCUT2D eigenvalue weighted by Gasteiger charge is -2.22. The highest BCUT2D eigenvalue weighted by molar-refractivity contribution is 7.99. The summed E-state index contributed by atoms with van der Waals surface area (Å²) >= 11 is 1.40. The third kappa shape index (κ3) is 7.28. The monoisotopic (exact) mass is 535 g/mol. The zero-order valence-electron chi connectivity index (χ0n) is 20.7. The Morgan fingerprint density at radius 1 is 0.973 bits per heavy atom. The van der Waals surface area contributed by atoms with Crippen LogP contribution in [0.3, 0.4) is 0 Å². The largest absolute Gasteiger partial charge is 0.354 e. The predicted molar refractivity (Wildman–Crippen MR) is 146 cm³/mol. The first-order chi connectivity index (χ1) is 17.8. The number of benzene rings is 3. The van der Waals surface area contributed by atoms with Crippen LogP contribution in [-0.4, -0.2) is 52.7 Å². The van der Waals surface area contributed by atoms with E-state index >= 15 is 0 Å². The van der Waals surface area contributed by atoms with Crippen molar-refractivity contribution < 1.29 is 13.2 Å². The summed E-state index contributed by atoms with van der Waals surface area (Å²) in [4.78, 5) is 17.4. The smallest absolute Gasteiger partial charge is 0.243 e. The second-order valence-corrected chi connectivity index (χ2v) is 11.6. The second kappa shape index (κ2) is 12.2. The quantitative estimate of drug-likeness (QED) is 0.220. The second-order valence-electron chi connectivity index (χ2n) is 8.61. The molecule has 4 rings (SSSR count). The fourth-order valence-corrected chi connectivity index (χ4v) is 5.72. The van der Waals surface area contributed by atoms with E-state index in [0.29, 0.717) is 23.3 Å². The molecule has 0 unspecified atom stereocenters. The predicted octanol–water partition coefficient (Wildman–Crippen LogP) is 4.19. The Morgan fingerprint density at radius 2 is 1.73 bits per heavy atom. The molecule has 1 aromatic heterocycles. The van der Waals surface area contributed by atoms with Crippen LogP contribution in [0.5, 0.6) is 0 Å². The molecule has 10 heteroatoms. The van der Waals surface area contributed by atoms with Crippen molar-refractivity contribution in [2.24, 2.45) is 0 Å².